The van der Waals surface area contributed by atoms with E-state index in [2.05, 4.69) is 9.71 Å². The van der Waals surface area contributed by atoms with Crippen LogP contribution in [-0.2, 0) is 10.0 Å². The maximum Gasteiger partial charge on any atom is 0.262 e. The Bertz CT molecular complexity index is 689. The molecule has 0 saturated heterocycles. The van der Waals surface area contributed by atoms with Crippen molar-refractivity contribution in [2.24, 2.45) is 0 Å². The van der Waals surface area contributed by atoms with E-state index in [9.17, 15) is 8.42 Å². The van der Waals surface area contributed by atoms with E-state index in [1.807, 2.05) is 0 Å². The van der Waals surface area contributed by atoms with Crippen molar-refractivity contribution in [3.05, 3.63) is 47.7 Å². The minimum atomic E-state index is -3.72. The second-order valence-corrected chi connectivity index (χ2v) is 5.69. The summed E-state index contributed by atoms with van der Waals surface area (Å²) in [4.78, 5) is 3.78. The molecule has 2 aromatic rings. The topological polar surface area (TPSA) is 68.3 Å². The van der Waals surface area contributed by atoms with Crippen LogP contribution in [0.2, 0.25) is 5.15 Å². The second-order valence-electron chi connectivity index (χ2n) is 3.62. The Hall–Kier alpha value is -1.79. The van der Waals surface area contributed by atoms with E-state index in [4.69, 9.17) is 16.3 Å². The highest BCUT2D eigenvalue weighted by Gasteiger charge is 2.16. The molecule has 7 heteroatoms. The minimum Gasteiger partial charge on any atom is -0.495 e. The Balaban J connectivity index is 2.37. The number of hydrogen-bond acceptors (Lipinski definition) is 4. The molecule has 1 aromatic heterocycles. The number of pyridine rings is 1. The molecule has 0 unspecified atom stereocenters. The molecule has 0 aliphatic carbocycles. The van der Waals surface area contributed by atoms with Crippen LogP contribution in [0.3, 0.4) is 0 Å². The first-order valence-electron chi connectivity index (χ1n) is 5.30. The molecule has 0 amide bonds. The van der Waals surface area contributed by atoms with Crippen LogP contribution < -0.4 is 9.46 Å². The summed E-state index contributed by atoms with van der Waals surface area (Å²) in [6.07, 6.45) is 1.33. The summed E-state index contributed by atoms with van der Waals surface area (Å²) in [5, 5.41) is 0.114. The van der Waals surface area contributed by atoms with Crippen molar-refractivity contribution in [1.82, 2.24) is 4.98 Å². The van der Waals surface area contributed by atoms with Gasteiger partial charge in [0.25, 0.3) is 10.0 Å². The lowest BCUT2D eigenvalue weighted by molar-refractivity contribution is 0.417. The molecule has 1 N–H and O–H groups in total. The molecular weight excluding hydrogens is 288 g/mol. The quantitative estimate of drug-likeness (QED) is 0.881. The van der Waals surface area contributed by atoms with Crippen molar-refractivity contribution in [1.29, 1.82) is 0 Å². The number of para-hydroxylation sites is 2. The number of ether oxygens (including phenoxy) is 1. The number of sulfonamides is 1. The van der Waals surface area contributed by atoms with Gasteiger partial charge in [-0.05, 0) is 24.3 Å². The maximum atomic E-state index is 12.2. The fourth-order valence-corrected chi connectivity index (χ4v) is 2.81. The van der Waals surface area contributed by atoms with Gasteiger partial charge < -0.3 is 4.74 Å². The van der Waals surface area contributed by atoms with Crippen LogP contribution >= 0.6 is 11.6 Å². The molecule has 100 valence electrons. The Morgan fingerprint density at radius 1 is 1.26 bits per heavy atom. The fourth-order valence-electron chi connectivity index (χ4n) is 1.48. The lowest BCUT2D eigenvalue weighted by Crippen LogP contribution is -2.13. The van der Waals surface area contributed by atoms with Gasteiger partial charge in [0.15, 0.2) is 0 Å². The molecular formula is C12H11ClN2O3S. The lowest BCUT2D eigenvalue weighted by atomic mass is 10.3. The molecule has 2 rings (SSSR count). The van der Waals surface area contributed by atoms with Gasteiger partial charge in [-0.3, -0.25) is 4.72 Å². The molecule has 0 atom stereocenters. The Labute approximate surface area is 116 Å². The molecule has 0 saturated carbocycles. The van der Waals surface area contributed by atoms with Gasteiger partial charge in [0.1, 0.15) is 10.9 Å². The predicted molar refractivity (Wildman–Crippen MR) is 73.0 cm³/mol. The first-order chi connectivity index (χ1) is 9.03. The van der Waals surface area contributed by atoms with Crippen LogP contribution in [0.4, 0.5) is 5.69 Å². The van der Waals surface area contributed by atoms with E-state index >= 15 is 0 Å². The van der Waals surface area contributed by atoms with E-state index in [1.54, 1.807) is 24.3 Å². The van der Waals surface area contributed by atoms with Gasteiger partial charge in [0, 0.05) is 6.20 Å². The van der Waals surface area contributed by atoms with E-state index in [0.717, 1.165) is 0 Å². The van der Waals surface area contributed by atoms with Gasteiger partial charge in [0.2, 0.25) is 0 Å². The molecule has 0 aliphatic rings. The highest BCUT2D eigenvalue weighted by molar-refractivity contribution is 7.92. The van der Waals surface area contributed by atoms with Crippen LogP contribution in [0.1, 0.15) is 0 Å². The third-order valence-electron chi connectivity index (χ3n) is 2.36. The molecule has 0 bridgehead atoms. The number of methoxy groups -OCH3 is 1. The van der Waals surface area contributed by atoms with Crippen molar-refractivity contribution < 1.29 is 13.2 Å². The number of hydrogen-bond donors (Lipinski definition) is 1. The smallest absolute Gasteiger partial charge is 0.262 e. The van der Waals surface area contributed by atoms with Gasteiger partial charge in [-0.15, -0.1) is 0 Å². The van der Waals surface area contributed by atoms with Crippen LogP contribution in [0.15, 0.2) is 47.5 Å². The molecule has 0 fully saturated rings. The van der Waals surface area contributed by atoms with Crippen molar-refractivity contribution in [3.8, 4) is 5.75 Å². The number of nitrogens with one attached hydrogen (secondary N) is 1. The fraction of sp³-hybridized carbons (Fsp3) is 0.0833. The average molecular weight is 299 g/mol. The zero-order valence-electron chi connectivity index (χ0n) is 10.00. The summed E-state index contributed by atoms with van der Waals surface area (Å²) in [5.41, 5.74) is 0.359. The average Bonchev–Trinajstić information content (AvgIpc) is 2.39. The first-order valence-corrected chi connectivity index (χ1v) is 7.16. The summed E-state index contributed by atoms with van der Waals surface area (Å²) in [7, 11) is -2.25. The highest BCUT2D eigenvalue weighted by Crippen LogP contribution is 2.26. The van der Waals surface area contributed by atoms with Crippen molar-refractivity contribution in [2.45, 2.75) is 4.90 Å². The van der Waals surface area contributed by atoms with E-state index in [0.29, 0.717) is 11.4 Å². The zero-order valence-corrected chi connectivity index (χ0v) is 11.6. The summed E-state index contributed by atoms with van der Waals surface area (Å²) in [6, 6.07) is 9.37. The van der Waals surface area contributed by atoms with Gasteiger partial charge in [0.05, 0.1) is 17.7 Å². The molecule has 1 aromatic carbocycles. The number of rotatable bonds is 4. The molecule has 19 heavy (non-hydrogen) atoms. The van der Waals surface area contributed by atoms with Gasteiger partial charge in [-0.2, -0.15) is 0 Å². The first kappa shape index (κ1) is 13.6. The predicted octanol–water partition coefficient (Wildman–Crippen LogP) is 2.54. The van der Waals surface area contributed by atoms with Crippen LogP contribution in [-0.4, -0.2) is 20.5 Å². The summed E-state index contributed by atoms with van der Waals surface area (Å²) in [6.45, 7) is 0. The van der Waals surface area contributed by atoms with Crippen molar-refractivity contribution >= 4 is 27.3 Å². The maximum absolute atomic E-state index is 12.2. The molecule has 0 radical (unpaired) electrons. The summed E-state index contributed by atoms with van der Waals surface area (Å²) in [5.74, 6) is 0.436. The number of nitrogens with zero attached hydrogens (tertiary/aromatic N) is 1. The van der Waals surface area contributed by atoms with Crippen LogP contribution in [0, 0.1) is 0 Å². The normalized spacial score (nSPS) is 11.1. The molecule has 0 aliphatic heterocycles. The summed E-state index contributed by atoms with van der Waals surface area (Å²) >= 11 is 5.68. The van der Waals surface area contributed by atoms with Gasteiger partial charge >= 0.3 is 0 Å². The van der Waals surface area contributed by atoms with Crippen molar-refractivity contribution in [2.75, 3.05) is 11.8 Å². The van der Waals surface area contributed by atoms with Gasteiger partial charge in [-0.25, -0.2) is 13.4 Å². The number of halogens is 1. The largest absolute Gasteiger partial charge is 0.495 e. The number of aromatic nitrogens is 1. The van der Waals surface area contributed by atoms with E-state index in [1.165, 1.54) is 25.4 Å². The van der Waals surface area contributed by atoms with Crippen LogP contribution in [0.25, 0.3) is 0 Å². The van der Waals surface area contributed by atoms with Crippen molar-refractivity contribution in [3.63, 3.8) is 0 Å². The summed E-state index contributed by atoms with van der Waals surface area (Å²) < 4.78 is 31.9. The number of benzene rings is 1. The molecule has 1 heterocycles. The highest BCUT2D eigenvalue weighted by atomic mass is 35.5. The monoisotopic (exact) mass is 298 g/mol. The molecule has 0 spiro atoms. The Morgan fingerprint density at radius 2 is 2.00 bits per heavy atom. The number of anilines is 1. The van der Waals surface area contributed by atoms with E-state index in [-0.39, 0.29) is 10.0 Å². The minimum absolute atomic E-state index is 0.0402. The SMILES string of the molecule is COc1ccccc1NS(=O)(=O)c1ccnc(Cl)c1. The third kappa shape index (κ3) is 3.15. The third-order valence-corrected chi connectivity index (χ3v) is 3.93. The lowest BCUT2D eigenvalue weighted by Gasteiger charge is -2.11. The molecule has 5 nitrogen and oxygen atoms in total. The Morgan fingerprint density at radius 3 is 2.68 bits per heavy atom. The van der Waals surface area contributed by atoms with Gasteiger partial charge in [-0.1, -0.05) is 23.7 Å². The van der Waals surface area contributed by atoms with Crippen LogP contribution in [0.5, 0.6) is 5.75 Å². The Kier molecular flexibility index (Phi) is 3.92. The zero-order chi connectivity index (χ0) is 13.9. The standard InChI is InChI=1S/C12H11ClN2O3S/c1-18-11-5-3-2-4-10(11)15-19(16,17)9-6-7-14-12(13)8-9/h2-8,15H,1H3. The second kappa shape index (κ2) is 5.46. The van der Waals surface area contributed by atoms with E-state index < -0.39 is 10.0 Å².